The van der Waals surface area contributed by atoms with Gasteiger partial charge in [0, 0.05) is 12.1 Å². The van der Waals surface area contributed by atoms with E-state index < -0.39 is 0 Å². The fourth-order valence-electron chi connectivity index (χ4n) is 1.55. The quantitative estimate of drug-likeness (QED) is 0.639. The van der Waals surface area contributed by atoms with E-state index in [1.165, 1.54) is 0 Å². The monoisotopic (exact) mass is 168 g/mol. The summed E-state index contributed by atoms with van der Waals surface area (Å²) < 4.78 is 5.27. The largest absolute Gasteiger partial charge is 0.499 e. The Hall–Kier alpha value is -0.960. The number of ether oxygens (including phenoxy) is 1. The fraction of sp³-hybridized carbons (Fsp3) is 0.556. The molecule has 1 rings (SSSR count). The number of allylic oxidation sites excluding steroid dienone is 2. The third-order valence-corrected chi connectivity index (χ3v) is 2.12. The predicted molar refractivity (Wildman–Crippen MR) is 49.4 cm³/mol. The molecule has 0 fully saturated rings. The number of methoxy groups -OCH3 is 1. The van der Waals surface area contributed by atoms with Crippen LogP contribution < -0.4 is 11.1 Å². The molecule has 3 nitrogen and oxygen atoms in total. The molecule has 0 radical (unpaired) electrons. The summed E-state index contributed by atoms with van der Waals surface area (Å²) in [5.74, 6) is 0.992. The normalized spacial score (nSPS) is 23.9. The van der Waals surface area contributed by atoms with E-state index in [1.807, 2.05) is 20.0 Å². The molecule has 0 heterocycles. The minimum atomic E-state index is 0.236. The average Bonchev–Trinajstić information content (AvgIpc) is 2.03. The highest BCUT2D eigenvalue weighted by molar-refractivity contribution is 5.32. The molecule has 0 aromatic rings. The van der Waals surface area contributed by atoms with Gasteiger partial charge >= 0.3 is 0 Å². The average molecular weight is 168 g/mol. The molecular formula is C9H16N2O. The van der Waals surface area contributed by atoms with Gasteiger partial charge in [0.15, 0.2) is 0 Å². The molecule has 0 saturated carbocycles. The van der Waals surface area contributed by atoms with Crippen LogP contribution in [0, 0.1) is 0 Å². The molecule has 1 aliphatic rings. The number of hydrogen-bond donors (Lipinski definition) is 2. The third-order valence-electron chi connectivity index (χ3n) is 2.12. The summed E-state index contributed by atoms with van der Waals surface area (Å²) in [5, 5.41) is 3.16. The second kappa shape index (κ2) is 3.63. The summed E-state index contributed by atoms with van der Waals surface area (Å²) in [6.07, 6.45) is 2.80. The zero-order chi connectivity index (χ0) is 9.14. The summed E-state index contributed by atoms with van der Waals surface area (Å²) in [5.41, 5.74) is 7.76. The fourth-order valence-corrected chi connectivity index (χ4v) is 1.55. The Morgan fingerprint density at radius 2 is 2.33 bits per heavy atom. The van der Waals surface area contributed by atoms with Gasteiger partial charge in [0.2, 0.25) is 0 Å². The molecule has 1 atom stereocenters. The van der Waals surface area contributed by atoms with Crippen LogP contribution in [0.3, 0.4) is 0 Å². The summed E-state index contributed by atoms with van der Waals surface area (Å²) in [7, 11) is 3.61. The zero-order valence-corrected chi connectivity index (χ0v) is 7.85. The van der Waals surface area contributed by atoms with Crippen molar-refractivity contribution in [3.05, 3.63) is 23.1 Å². The van der Waals surface area contributed by atoms with E-state index in [2.05, 4.69) is 5.32 Å². The van der Waals surface area contributed by atoms with E-state index in [1.54, 1.807) is 7.11 Å². The lowest BCUT2D eigenvalue weighted by Crippen LogP contribution is -2.32. The highest BCUT2D eigenvalue weighted by atomic mass is 16.5. The van der Waals surface area contributed by atoms with Crippen molar-refractivity contribution in [2.45, 2.75) is 19.4 Å². The van der Waals surface area contributed by atoms with Crippen LogP contribution >= 0.6 is 0 Å². The second-order valence-electron chi connectivity index (χ2n) is 3.02. The van der Waals surface area contributed by atoms with Crippen LogP contribution in [0.1, 0.15) is 13.3 Å². The molecule has 0 spiro atoms. The number of hydrogen-bond acceptors (Lipinski definition) is 3. The van der Waals surface area contributed by atoms with Gasteiger partial charge in [-0.05, 0) is 25.6 Å². The summed E-state index contributed by atoms with van der Waals surface area (Å²) in [6.45, 7) is 2.01. The van der Waals surface area contributed by atoms with Gasteiger partial charge < -0.3 is 15.8 Å². The van der Waals surface area contributed by atoms with Crippen LogP contribution in [-0.4, -0.2) is 20.2 Å². The summed E-state index contributed by atoms with van der Waals surface area (Å²) in [4.78, 5) is 0. The zero-order valence-electron chi connectivity index (χ0n) is 7.85. The molecular weight excluding hydrogens is 152 g/mol. The molecule has 0 amide bonds. The van der Waals surface area contributed by atoms with Gasteiger partial charge in [-0.3, -0.25) is 0 Å². The second-order valence-corrected chi connectivity index (χ2v) is 3.02. The maximum Gasteiger partial charge on any atom is 0.116 e. The first-order chi connectivity index (χ1) is 5.69. The van der Waals surface area contributed by atoms with Crippen LogP contribution in [-0.2, 0) is 4.74 Å². The smallest absolute Gasteiger partial charge is 0.116 e. The van der Waals surface area contributed by atoms with Gasteiger partial charge in [0.05, 0.1) is 13.2 Å². The van der Waals surface area contributed by atoms with Crippen LogP contribution in [0.2, 0.25) is 0 Å². The van der Waals surface area contributed by atoms with E-state index >= 15 is 0 Å². The highest BCUT2D eigenvalue weighted by Gasteiger charge is 2.19. The number of nitrogens with one attached hydrogen (secondary N) is 1. The third kappa shape index (κ3) is 1.61. The number of likely N-dealkylation sites (N-methyl/N-ethyl adjacent to an activating group) is 1. The van der Waals surface area contributed by atoms with Crippen molar-refractivity contribution in [1.82, 2.24) is 5.32 Å². The predicted octanol–water partition coefficient (Wildman–Crippen LogP) is 0.741. The summed E-state index contributed by atoms with van der Waals surface area (Å²) >= 11 is 0. The molecule has 0 aromatic carbocycles. The Bertz CT molecular complexity index is 231. The number of nitrogens with two attached hydrogens (primary N) is 1. The lowest BCUT2D eigenvalue weighted by molar-refractivity contribution is 0.247. The number of rotatable bonds is 2. The van der Waals surface area contributed by atoms with E-state index in [0.29, 0.717) is 0 Å². The van der Waals surface area contributed by atoms with E-state index in [0.717, 1.165) is 23.5 Å². The molecule has 12 heavy (non-hydrogen) atoms. The van der Waals surface area contributed by atoms with Crippen LogP contribution in [0.4, 0.5) is 0 Å². The Kier molecular flexibility index (Phi) is 2.76. The Labute approximate surface area is 73.3 Å². The van der Waals surface area contributed by atoms with Gasteiger partial charge in [0.1, 0.15) is 5.76 Å². The molecule has 3 heteroatoms. The molecule has 0 aromatic heterocycles. The maximum atomic E-state index is 5.74. The SMILES string of the molecule is CNC1CC(N)=CC(C)=C1OC. The Balaban J connectivity index is 2.91. The maximum absolute atomic E-state index is 5.74. The van der Waals surface area contributed by atoms with Gasteiger partial charge in [-0.1, -0.05) is 0 Å². The molecule has 3 N–H and O–H groups in total. The molecule has 0 bridgehead atoms. The van der Waals surface area contributed by atoms with Crippen LogP contribution in [0.15, 0.2) is 23.1 Å². The first kappa shape index (κ1) is 9.13. The topological polar surface area (TPSA) is 47.3 Å². The van der Waals surface area contributed by atoms with Crippen molar-refractivity contribution in [3.8, 4) is 0 Å². The van der Waals surface area contributed by atoms with Crippen molar-refractivity contribution in [2.24, 2.45) is 5.73 Å². The van der Waals surface area contributed by atoms with Crippen molar-refractivity contribution < 1.29 is 4.74 Å². The Morgan fingerprint density at radius 3 is 2.83 bits per heavy atom. The van der Waals surface area contributed by atoms with Gasteiger partial charge in [-0.2, -0.15) is 0 Å². The highest BCUT2D eigenvalue weighted by Crippen LogP contribution is 2.21. The minimum Gasteiger partial charge on any atom is -0.499 e. The van der Waals surface area contributed by atoms with Gasteiger partial charge in [-0.15, -0.1) is 0 Å². The van der Waals surface area contributed by atoms with E-state index in [9.17, 15) is 0 Å². The van der Waals surface area contributed by atoms with Gasteiger partial charge in [-0.25, -0.2) is 0 Å². The van der Waals surface area contributed by atoms with Gasteiger partial charge in [0.25, 0.3) is 0 Å². The molecule has 1 unspecified atom stereocenters. The van der Waals surface area contributed by atoms with Crippen molar-refractivity contribution in [1.29, 1.82) is 0 Å². The van der Waals surface area contributed by atoms with E-state index in [-0.39, 0.29) is 6.04 Å². The Morgan fingerprint density at radius 1 is 1.67 bits per heavy atom. The minimum absolute atomic E-state index is 0.236. The van der Waals surface area contributed by atoms with E-state index in [4.69, 9.17) is 10.5 Å². The molecule has 1 aliphatic carbocycles. The first-order valence-electron chi connectivity index (χ1n) is 4.07. The lowest BCUT2D eigenvalue weighted by Gasteiger charge is -2.24. The van der Waals surface area contributed by atoms with Crippen molar-refractivity contribution in [2.75, 3.05) is 14.2 Å². The lowest BCUT2D eigenvalue weighted by atomic mass is 9.99. The summed E-state index contributed by atoms with van der Waals surface area (Å²) in [6, 6.07) is 0.236. The molecule has 0 aliphatic heterocycles. The van der Waals surface area contributed by atoms with Crippen LogP contribution in [0.25, 0.3) is 0 Å². The molecule has 0 saturated heterocycles. The standard InChI is InChI=1S/C9H16N2O/c1-6-4-7(10)5-8(11-2)9(6)12-3/h4,8,11H,5,10H2,1-3H3. The van der Waals surface area contributed by atoms with Crippen LogP contribution in [0.5, 0.6) is 0 Å². The van der Waals surface area contributed by atoms with Crippen molar-refractivity contribution in [3.63, 3.8) is 0 Å². The first-order valence-corrected chi connectivity index (χ1v) is 4.07. The van der Waals surface area contributed by atoms with Crippen molar-refractivity contribution >= 4 is 0 Å². The molecule has 68 valence electrons.